The molecule has 5 aliphatic heterocycles. The van der Waals surface area contributed by atoms with Crippen LogP contribution in [0, 0.1) is 0 Å². The first-order chi connectivity index (χ1) is 22.0. The summed E-state index contributed by atoms with van der Waals surface area (Å²) in [7, 11) is 7.77. The van der Waals surface area contributed by atoms with Gasteiger partial charge in [0.05, 0.1) is 14.2 Å². The predicted octanol–water partition coefficient (Wildman–Crippen LogP) is 6.87. The number of likely N-dealkylation sites (N-methyl/N-ethyl adjacent to an activating group) is 2. The van der Waals surface area contributed by atoms with E-state index in [-0.39, 0.29) is 18.9 Å². The van der Waals surface area contributed by atoms with Gasteiger partial charge in [-0.05, 0) is 98.4 Å². The fraction of sp³-hybridized carbons (Fsp3) is 0.351. The Hall–Kier alpha value is -4.40. The van der Waals surface area contributed by atoms with E-state index in [1.807, 2.05) is 24.3 Å². The van der Waals surface area contributed by atoms with Crippen LogP contribution in [0.3, 0.4) is 0 Å². The van der Waals surface area contributed by atoms with Crippen molar-refractivity contribution in [2.45, 2.75) is 37.8 Å². The van der Waals surface area contributed by atoms with Crippen LogP contribution in [0.2, 0.25) is 0 Å². The molecule has 2 atom stereocenters. The van der Waals surface area contributed by atoms with Gasteiger partial charge in [-0.25, -0.2) is 0 Å². The zero-order valence-electron chi connectivity index (χ0n) is 26.2. The van der Waals surface area contributed by atoms with Gasteiger partial charge >= 0.3 is 0 Å². The van der Waals surface area contributed by atoms with Gasteiger partial charge in [-0.1, -0.05) is 24.3 Å². The van der Waals surface area contributed by atoms with Crippen LogP contribution in [0.4, 0.5) is 0 Å². The molecule has 4 bridgehead atoms. The summed E-state index contributed by atoms with van der Waals surface area (Å²) in [5.41, 5.74) is 7.13. The summed E-state index contributed by atoms with van der Waals surface area (Å²) in [6, 6.07) is 21.1. The van der Waals surface area contributed by atoms with Gasteiger partial charge in [0, 0.05) is 36.3 Å². The zero-order chi connectivity index (χ0) is 30.7. The minimum atomic E-state index is 0.0397. The molecular weight excluding hydrogens is 568 g/mol. The quantitative estimate of drug-likeness (QED) is 0.245. The highest BCUT2D eigenvalue weighted by molar-refractivity contribution is 5.65. The number of methoxy groups -OCH3 is 2. The number of rotatable bonds is 2. The van der Waals surface area contributed by atoms with Crippen LogP contribution in [-0.4, -0.2) is 58.0 Å². The molecule has 8 heteroatoms. The van der Waals surface area contributed by atoms with E-state index in [9.17, 15) is 0 Å². The molecular formula is C37H38N2O6. The van der Waals surface area contributed by atoms with Gasteiger partial charge in [0.15, 0.2) is 34.5 Å². The summed E-state index contributed by atoms with van der Waals surface area (Å²) in [6.07, 6.45) is 3.37. The Kier molecular flexibility index (Phi) is 6.99. The standard InChI is InChI=1S/C37H38N2O6/c1-38-15-13-24-8-12-30(41-4)35-33(24)28(38)18-23-7-11-29(40-3)31(19-23)44-26-9-5-22(6-10-26)17-27-34-25(14-16-39(27)2)20-32-36(37(34)45-35)43-21-42-32/h5-12,19-20,27-28H,13-18,21H2,1-4H3/t27-,28+/m0/s1. The average Bonchev–Trinajstić information content (AvgIpc) is 3.53. The molecule has 4 aromatic carbocycles. The Balaban J connectivity index is 1.37. The fourth-order valence-corrected chi connectivity index (χ4v) is 7.38. The van der Waals surface area contributed by atoms with Gasteiger partial charge in [0.1, 0.15) is 5.75 Å². The molecule has 0 fully saturated rings. The van der Waals surface area contributed by atoms with E-state index >= 15 is 0 Å². The second-order valence-corrected chi connectivity index (χ2v) is 12.4. The van der Waals surface area contributed by atoms with Crippen LogP contribution in [0.15, 0.2) is 60.7 Å². The highest BCUT2D eigenvalue weighted by Gasteiger charge is 2.37. The molecule has 5 heterocycles. The highest BCUT2D eigenvalue weighted by Crippen LogP contribution is 2.54. The predicted molar refractivity (Wildman–Crippen MR) is 171 cm³/mol. The summed E-state index contributed by atoms with van der Waals surface area (Å²) in [6.45, 7) is 2.05. The summed E-state index contributed by atoms with van der Waals surface area (Å²) < 4.78 is 37.5. The summed E-state index contributed by atoms with van der Waals surface area (Å²) in [5, 5.41) is 0. The van der Waals surface area contributed by atoms with Crippen molar-refractivity contribution in [3.05, 3.63) is 94.0 Å². The molecule has 0 saturated carbocycles. The maximum absolute atomic E-state index is 7.22. The third kappa shape index (κ3) is 4.84. The van der Waals surface area contributed by atoms with Gasteiger partial charge in [0.2, 0.25) is 12.5 Å². The first-order valence-corrected chi connectivity index (χ1v) is 15.7. The minimum Gasteiger partial charge on any atom is -0.493 e. The van der Waals surface area contributed by atoms with Gasteiger partial charge < -0.3 is 28.4 Å². The maximum atomic E-state index is 7.22. The van der Waals surface area contributed by atoms with Crippen molar-refractivity contribution in [3.8, 4) is 46.0 Å². The van der Waals surface area contributed by atoms with Gasteiger partial charge in [0.25, 0.3) is 0 Å². The van der Waals surface area contributed by atoms with Crippen LogP contribution in [0.25, 0.3) is 0 Å². The molecule has 0 saturated heterocycles. The molecule has 8 nitrogen and oxygen atoms in total. The molecule has 9 rings (SSSR count). The van der Waals surface area contributed by atoms with Crippen molar-refractivity contribution in [2.24, 2.45) is 0 Å². The second kappa shape index (κ2) is 11.2. The Morgan fingerprint density at radius 2 is 1.29 bits per heavy atom. The largest absolute Gasteiger partial charge is 0.493 e. The smallest absolute Gasteiger partial charge is 0.231 e. The average molecular weight is 607 g/mol. The number of fused-ring (bicyclic) bond motifs is 3. The second-order valence-electron chi connectivity index (χ2n) is 12.4. The molecule has 0 unspecified atom stereocenters. The van der Waals surface area contributed by atoms with Crippen molar-refractivity contribution < 1.29 is 28.4 Å². The van der Waals surface area contributed by atoms with Crippen molar-refractivity contribution >= 4 is 0 Å². The minimum absolute atomic E-state index is 0.0397. The van der Waals surface area contributed by atoms with Crippen LogP contribution in [-0.2, 0) is 25.7 Å². The molecule has 45 heavy (non-hydrogen) atoms. The Labute approximate surface area is 264 Å². The lowest BCUT2D eigenvalue weighted by molar-refractivity contribution is 0.171. The van der Waals surface area contributed by atoms with Gasteiger partial charge in [-0.15, -0.1) is 0 Å². The maximum Gasteiger partial charge on any atom is 0.231 e. The van der Waals surface area contributed by atoms with Crippen molar-refractivity contribution in [1.29, 1.82) is 0 Å². The Morgan fingerprint density at radius 1 is 0.622 bits per heavy atom. The topological polar surface area (TPSA) is 61.9 Å². The van der Waals surface area contributed by atoms with Crippen molar-refractivity contribution in [1.82, 2.24) is 9.80 Å². The van der Waals surface area contributed by atoms with E-state index in [0.29, 0.717) is 23.0 Å². The Bertz CT molecular complexity index is 1770. The van der Waals surface area contributed by atoms with Crippen LogP contribution < -0.4 is 28.4 Å². The molecule has 232 valence electrons. The molecule has 0 N–H and O–H groups in total. The number of hydrogen-bond donors (Lipinski definition) is 0. The highest BCUT2D eigenvalue weighted by atomic mass is 16.7. The monoisotopic (exact) mass is 606 g/mol. The normalized spacial score (nSPS) is 20.4. The number of ether oxygens (including phenoxy) is 6. The van der Waals surface area contributed by atoms with Crippen LogP contribution >= 0.6 is 0 Å². The van der Waals surface area contributed by atoms with E-state index < -0.39 is 0 Å². The molecule has 0 aliphatic carbocycles. The lowest BCUT2D eigenvalue weighted by atomic mass is 9.86. The lowest BCUT2D eigenvalue weighted by Gasteiger charge is -2.38. The van der Waals surface area contributed by atoms with Gasteiger partial charge in [-0.2, -0.15) is 0 Å². The van der Waals surface area contributed by atoms with Gasteiger partial charge in [-0.3, -0.25) is 9.80 Å². The molecule has 0 radical (unpaired) electrons. The van der Waals surface area contributed by atoms with E-state index in [2.05, 4.69) is 60.3 Å². The molecule has 4 aromatic rings. The summed E-state index contributed by atoms with van der Waals surface area (Å²) in [4.78, 5) is 4.83. The third-order valence-corrected chi connectivity index (χ3v) is 9.85. The Morgan fingerprint density at radius 3 is 2.04 bits per heavy atom. The van der Waals surface area contributed by atoms with Crippen molar-refractivity contribution in [2.75, 3.05) is 48.2 Å². The molecule has 0 spiro atoms. The summed E-state index contributed by atoms with van der Waals surface area (Å²) >= 11 is 0. The molecule has 0 amide bonds. The van der Waals surface area contributed by atoms with E-state index in [1.165, 1.54) is 16.7 Å². The first-order valence-electron chi connectivity index (χ1n) is 15.7. The number of hydrogen-bond acceptors (Lipinski definition) is 8. The lowest BCUT2D eigenvalue weighted by Crippen LogP contribution is -2.34. The van der Waals surface area contributed by atoms with E-state index in [1.54, 1.807) is 14.2 Å². The SMILES string of the molecule is COc1ccc2cc1Oc1ccc(cc1)C[C@H]1c3c(cc4c(c3Oc3c(OC)ccc5c3[C@@H](C2)N(C)CC5)OCO4)CCN1C. The van der Waals surface area contributed by atoms with E-state index in [4.69, 9.17) is 28.4 Å². The number of benzene rings is 4. The zero-order valence-corrected chi connectivity index (χ0v) is 26.2. The van der Waals surface area contributed by atoms with E-state index in [0.717, 1.165) is 78.5 Å². The summed E-state index contributed by atoms with van der Waals surface area (Å²) in [5.74, 6) is 5.74. The number of nitrogens with zero attached hydrogens (tertiary/aromatic N) is 2. The van der Waals surface area contributed by atoms with Crippen LogP contribution in [0.1, 0.15) is 45.5 Å². The molecule has 5 aliphatic rings. The fourth-order valence-electron chi connectivity index (χ4n) is 7.38. The molecule has 0 aromatic heterocycles. The van der Waals surface area contributed by atoms with Crippen molar-refractivity contribution in [3.63, 3.8) is 0 Å². The van der Waals surface area contributed by atoms with Crippen LogP contribution in [0.5, 0.6) is 46.0 Å². The first kappa shape index (κ1) is 28.1. The third-order valence-electron chi connectivity index (χ3n) is 9.85.